The number of aliphatic carboxylic acids is 1. The van der Waals surface area contributed by atoms with Gasteiger partial charge in [0, 0.05) is 13.0 Å². The number of hydrogen-bond acceptors (Lipinski definition) is 3. The second-order valence-electron chi connectivity index (χ2n) is 6.18. The highest BCUT2D eigenvalue weighted by molar-refractivity contribution is 5.84. The zero-order valence-corrected chi connectivity index (χ0v) is 12.5. The molecule has 0 aromatic heterocycles. The van der Waals surface area contributed by atoms with E-state index in [1.165, 1.54) is 5.56 Å². The Morgan fingerprint density at radius 1 is 1.09 bits per heavy atom. The molecule has 2 N–H and O–H groups in total. The predicted octanol–water partition coefficient (Wildman–Crippen LogP) is 3.23. The first-order valence-electron chi connectivity index (χ1n) is 7.76. The van der Waals surface area contributed by atoms with Crippen molar-refractivity contribution in [2.45, 2.75) is 25.8 Å². The molecule has 0 amide bonds. The molecule has 1 fully saturated rings. The Balaban J connectivity index is 1.62. The normalized spacial score (nSPS) is 16.9. The Hall–Kier alpha value is -2.07. The molecular formula is C18H21NO3. The highest BCUT2D eigenvalue weighted by Crippen LogP contribution is 2.24. The lowest BCUT2D eigenvalue weighted by Crippen LogP contribution is -2.33. The van der Waals surface area contributed by atoms with Crippen LogP contribution in [0, 0.1) is 5.92 Å². The van der Waals surface area contributed by atoms with Crippen molar-refractivity contribution in [1.82, 2.24) is 4.90 Å². The number of carbonyl (C=O) groups is 1. The predicted molar refractivity (Wildman–Crippen MR) is 85.9 cm³/mol. The topological polar surface area (TPSA) is 60.8 Å². The van der Waals surface area contributed by atoms with Crippen LogP contribution in [0.1, 0.15) is 24.8 Å². The minimum atomic E-state index is -0.684. The molecule has 0 aliphatic carbocycles. The number of carboxylic acid groups (broad SMARTS) is 1. The molecular weight excluding hydrogens is 278 g/mol. The number of piperidine rings is 1. The Kier molecular flexibility index (Phi) is 4.29. The van der Waals surface area contributed by atoms with Gasteiger partial charge < -0.3 is 10.2 Å². The SMILES string of the molecule is O=C(O)CC1CCN(Cc2ccc3cc(O)ccc3c2)CC1. The van der Waals surface area contributed by atoms with Gasteiger partial charge in [0.1, 0.15) is 5.75 Å². The van der Waals surface area contributed by atoms with Crippen LogP contribution in [0.4, 0.5) is 0 Å². The fourth-order valence-corrected chi connectivity index (χ4v) is 3.23. The van der Waals surface area contributed by atoms with Crippen LogP contribution in [0.5, 0.6) is 5.75 Å². The smallest absolute Gasteiger partial charge is 0.303 e. The van der Waals surface area contributed by atoms with E-state index in [0.29, 0.717) is 18.1 Å². The number of phenolic OH excluding ortho intramolecular Hbond substituents is 1. The molecule has 116 valence electrons. The molecule has 1 aliphatic rings. The summed E-state index contributed by atoms with van der Waals surface area (Å²) in [7, 11) is 0. The van der Waals surface area contributed by atoms with E-state index in [-0.39, 0.29) is 0 Å². The molecule has 0 bridgehead atoms. The van der Waals surface area contributed by atoms with Gasteiger partial charge in [-0.15, -0.1) is 0 Å². The number of fused-ring (bicyclic) bond motifs is 1. The van der Waals surface area contributed by atoms with Crippen LogP contribution in [-0.2, 0) is 11.3 Å². The molecule has 2 aromatic rings. The van der Waals surface area contributed by atoms with Crippen LogP contribution in [0.25, 0.3) is 10.8 Å². The Bertz CT molecular complexity index is 675. The summed E-state index contributed by atoms with van der Waals surface area (Å²) in [5.74, 6) is -0.0645. The number of benzene rings is 2. The van der Waals surface area contributed by atoms with Gasteiger partial charge in [0.2, 0.25) is 0 Å². The minimum Gasteiger partial charge on any atom is -0.508 e. The number of aromatic hydroxyl groups is 1. The maximum Gasteiger partial charge on any atom is 0.303 e. The van der Waals surface area contributed by atoms with Crippen LogP contribution in [-0.4, -0.2) is 34.2 Å². The largest absolute Gasteiger partial charge is 0.508 e. The zero-order chi connectivity index (χ0) is 15.5. The van der Waals surface area contributed by atoms with Crippen molar-refractivity contribution in [3.05, 3.63) is 42.0 Å². The molecule has 0 saturated carbocycles. The highest BCUT2D eigenvalue weighted by Gasteiger charge is 2.21. The van der Waals surface area contributed by atoms with Gasteiger partial charge in [-0.1, -0.05) is 18.2 Å². The molecule has 0 atom stereocenters. The lowest BCUT2D eigenvalue weighted by molar-refractivity contribution is -0.138. The molecule has 1 heterocycles. The van der Waals surface area contributed by atoms with Gasteiger partial charge in [-0.05, 0) is 66.4 Å². The van der Waals surface area contributed by atoms with Gasteiger partial charge in [0.05, 0.1) is 0 Å². The molecule has 3 rings (SSSR count). The van der Waals surface area contributed by atoms with Gasteiger partial charge in [0.15, 0.2) is 0 Å². The van der Waals surface area contributed by atoms with Crippen molar-refractivity contribution >= 4 is 16.7 Å². The number of carboxylic acids is 1. The quantitative estimate of drug-likeness (QED) is 0.910. The number of nitrogens with zero attached hydrogens (tertiary/aromatic N) is 1. The van der Waals surface area contributed by atoms with Crippen molar-refractivity contribution in [3.8, 4) is 5.75 Å². The lowest BCUT2D eigenvalue weighted by Gasteiger charge is -2.31. The fraction of sp³-hybridized carbons (Fsp3) is 0.389. The third kappa shape index (κ3) is 3.57. The molecule has 0 radical (unpaired) electrons. The average Bonchev–Trinajstić information content (AvgIpc) is 2.49. The summed E-state index contributed by atoms with van der Waals surface area (Å²) in [6.07, 6.45) is 2.23. The monoisotopic (exact) mass is 299 g/mol. The molecule has 0 unspecified atom stereocenters. The maximum atomic E-state index is 10.8. The standard InChI is InChI=1S/C18H21NO3/c20-17-4-3-15-9-14(1-2-16(15)11-17)12-19-7-5-13(6-8-19)10-18(21)22/h1-4,9,11,13,20H,5-8,10,12H2,(H,21,22). The van der Waals surface area contributed by atoms with Crippen LogP contribution in [0.2, 0.25) is 0 Å². The summed E-state index contributed by atoms with van der Waals surface area (Å²) in [5.41, 5.74) is 1.26. The third-order valence-electron chi connectivity index (χ3n) is 4.46. The van der Waals surface area contributed by atoms with Crippen LogP contribution >= 0.6 is 0 Å². The lowest BCUT2D eigenvalue weighted by atomic mass is 9.93. The second kappa shape index (κ2) is 6.36. The average molecular weight is 299 g/mol. The van der Waals surface area contributed by atoms with Gasteiger partial charge in [-0.25, -0.2) is 0 Å². The number of rotatable bonds is 4. The molecule has 2 aromatic carbocycles. The first-order chi connectivity index (χ1) is 10.6. The van der Waals surface area contributed by atoms with E-state index in [2.05, 4.69) is 17.0 Å². The van der Waals surface area contributed by atoms with E-state index in [1.807, 2.05) is 12.1 Å². The van der Waals surface area contributed by atoms with Crippen LogP contribution in [0.15, 0.2) is 36.4 Å². The van der Waals surface area contributed by atoms with E-state index < -0.39 is 5.97 Å². The van der Waals surface area contributed by atoms with E-state index >= 15 is 0 Å². The van der Waals surface area contributed by atoms with Crippen LogP contribution in [0.3, 0.4) is 0 Å². The first-order valence-corrected chi connectivity index (χ1v) is 7.76. The van der Waals surface area contributed by atoms with Gasteiger partial charge in [0.25, 0.3) is 0 Å². The minimum absolute atomic E-state index is 0.292. The fourth-order valence-electron chi connectivity index (χ4n) is 3.23. The van der Waals surface area contributed by atoms with Gasteiger partial charge in [-0.2, -0.15) is 0 Å². The zero-order valence-electron chi connectivity index (χ0n) is 12.5. The number of hydrogen-bond donors (Lipinski definition) is 2. The highest BCUT2D eigenvalue weighted by atomic mass is 16.4. The van der Waals surface area contributed by atoms with E-state index in [4.69, 9.17) is 5.11 Å². The summed E-state index contributed by atoms with van der Waals surface area (Å²) in [6.45, 7) is 2.83. The summed E-state index contributed by atoms with van der Waals surface area (Å²) < 4.78 is 0. The van der Waals surface area contributed by atoms with Crippen LogP contribution < -0.4 is 0 Å². The van der Waals surface area contributed by atoms with Gasteiger partial charge >= 0.3 is 5.97 Å². The molecule has 0 spiro atoms. The van der Waals surface area contributed by atoms with E-state index in [9.17, 15) is 9.90 Å². The van der Waals surface area contributed by atoms with Crippen molar-refractivity contribution in [3.63, 3.8) is 0 Å². The van der Waals surface area contributed by atoms with Crippen molar-refractivity contribution in [2.24, 2.45) is 5.92 Å². The summed E-state index contributed by atoms with van der Waals surface area (Å²) >= 11 is 0. The third-order valence-corrected chi connectivity index (χ3v) is 4.46. The van der Waals surface area contributed by atoms with Crippen molar-refractivity contribution in [1.29, 1.82) is 0 Å². The summed E-state index contributed by atoms with van der Waals surface area (Å²) in [6, 6.07) is 11.7. The molecule has 4 heteroatoms. The Morgan fingerprint density at radius 2 is 1.77 bits per heavy atom. The summed E-state index contributed by atoms with van der Waals surface area (Å²) in [4.78, 5) is 13.1. The molecule has 4 nitrogen and oxygen atoms in total. The molecule has 22 heavy (non-hydrogen) atoms. The molecule has 1 saturated heterocycles. The maximum absolute atomic E-state index is 10.8. The Morgan fingerprint density at radius 3 is 2.50 bits per heavy atom. The van der Waals surface area contributed by atoms with Crippen molar-refractivity contribution in [2.75, 3.05) is 13.1 Å². The van der Waals surface area contributed by atoms with Crippen molar-refractivity contribution < 1.29 is 15.0 Å². The molecule has 1 aliphatic heterocycles. The number of likely N-dealkylation sites (tertiary alicyclic amines) is 1. The second-order valence-corrected chi connectivity index (χ2v) is 6.18. The van der Waals surface area contributed by atoms with Gasteiger partial charge in [-0.3, -0.25) is 9.69 Å². The number of phenols is 1. The van der Waals surface area contributed by atoms with E-state index in [1.54, 1.807) is 12.1 Å². The van der Waals surface area contributed by atoms with E-state index in [0.717, 1.165) is 43.2 Å². The Labute approximate surface area is 130 Å². The first kappa shape index (κ1) is 14.9. The summed E-state index contributed by atoms with van der Waals surface area (Å²) in [5, 5.41) is 20.5.